The van der Waals surface area contributed by atoms with Crippen molar-refractivity contribution in [3.05, 3.63) is 60.8 Å². The summed E-state index contributed by atoms with van der Waals surface area (Å²) in [5.74, 6) is -0.408. The van der Waals surface area contributed by atoms with Crippen molar-refractivity contribution in [2.45, 2.75) is 6.42 Å². The van der Waals surface area contributed by atoms with Crippen LogP contribution in [0.1, 0.15) is 6.42 Å². The van der Waals surface area contributed by atoms with Crippen LogP contribution in [0.15, 0.2) is 60.8 Å². The molecule has 1 aliphatic rings. The number of aromatic nitrogens is 1. The van der Waals surface area contributed by atoms with Gasteiger partial charge in [-0.1, -0.05) is 30.3 Å². The van der Waals surface area contributed by atoms with E-state index in [9.17, 15) is 9.59 Å². The number of ether oxygens (including phenoxy) is 1. The van der Waals surface area contributed by atoms with Gasteiger partial charge in [0.05, 0.1) is 35.8 Å². The van der Waals surface area contributed by atoms with Gasteiger partial charge in [0, 0.05) is 11.6 Å². The molecule has 3 aromatic rings. The number of anilines is 2. The van der Waals surface area contributed by atoms with Gasteiger partial charge in [-0.15, -0.1) is 0 Å². The largest absolute Gasteiger partial charge is 0.495 e. The molecule has 136 valence electrons. The zero-order valence-electron chi connectivity index (χ0n) is 14.8. The fraction of sp³-hybridized carbons (Fsp3) is 0.190. The molecule has 2 N–H and O–H groups in total. The Hall–Kier alpha value is -3.41. The molecule has 1 heterocycles. The monoisotopic (exact) mass is 361 g/mol. The number of hydrogen-bond acceptors (Lipinski definition) is 4. The lowest BCUT2D eigenvalue weighted by atomic mass is 10.2. The topological polar surface area (TPSA) is 80.3 Å². The summed E-state index contributed by atoms with van der Waals surface area (Å²) in [4.78, 5) is 29.4. The summed E-state index contributed by atoms with van der Waals surface area (Å²) in [5, 5.41) is 6.71. The van der Waals surface area contributed by atoms with Gasteiger partial charge in [0.1, 0.15) is 5.75 Å². The number of carbonyl (C=O) groups excluding carboxylic acids is 2. The lowest BCUT2D eigenvalue weighted by molar-refractivity contribution is -0.122. The number of hydrogen-bond donors (Lipinski definition) is 2. The number of fused-ring (bicyclic) bond motifs is 1. The Morgan fingerprint density at radius 1 is 0.926 bits per heavy atom. The lowest BCUT2D eigenvalue weighted by Crippen LogP contribution is -2.21. The summed E-state index contributed by atoms with van der Waals surface area (Å²) in [5.41, 5.74) is 2.01. The van der Waals surface area contributed by atoms with Crippen molar-refractivity contribution < 1.29 is 14.3 Å². The molecule has 6 nitrogen and oxygen atoms in total. The first kappa shape index (κ1) is 17.0. The van der Waals surface area contributed by atoms with E-state index in [1.165, 1.54) is 0 Å². The molecule has 0 saturated heterocycles. The molecule has 1 fully saturated rings. The van der Waals surface area contributed by atoms with Gasteiger partial charge in [-0.2, -0.15) is 0 Å². The fourth-order valence-corrected chi connectivity index (χ4v) is 3.18. The molecule has 1 aromatic heterocycles. The van der Waals surface area contributed by atoms with Crippen molar-refractivity contribution in [3.63, 3.8) is 0 Å². The number of methoxy groups -OCH3 is 1. The molecular weight excluding hydrogens is 342 g/mol. The highest BCUT2D eigenvalue weighted by Gasteiger charge is 2.48. The highest BCUT2D eigenvalue weighted by atomic mass is 16.5. The Bertz CT molecular complexity index is 1010. The molecule has 4 rings (SSSR count). The highest BCUT2D eigenvalue weighted by molar-refractivity contribution is 6.06. The Labute approximate surface area is 156 Å². The highest BCUT2D eigenvalue weighted by Crippen LogP contribution is 2.41. The zero-order chi connectivity index (χ0) is 18.8. The second-order valence-corrected chi connectivity index (χ2v) is 6.51. The second kappa shape index (κ2) is 7.07. The number of para-hydroxylation sites is 3. The fourth-order valence-electron chi connectivity index (χ4n) is 3.18. The van der Waals surface area contributed by atoms with Crippen molar-refractivity contribution in [2.24, 2.45) is 11.8 Å². The number of pyridine rings is 1. The number of nitrogens with one attached hydrogen (secondary N) is 2. The minimum atomic E-state index is -0.335. The van der Waals surface area contributed by atoms with Crippen LogP contribution in [-0.2, 0) is 9.59 Å². The molecule has 2 amide bonds. The summed E-state index contributed by atoms with van der Waals surface area (Å²) in [7, 11) is 1.55. The second-order valence-electron chi connectivity index (χ2n) is 6.51. The number of carbonyl (C=O) groups is 2. The van der Waals surface area contributed by atoms with E-state index in [1.807, 2.05) is 42.5 Å². The SMILES string of the molecule is COc1ccccc1NC(=O)C1CC1C(=O)Nc1cccc2cccnc12. The Kier molecular flexibility index (Phi) is 4.46. The Balaban J connectivity index is 1.42. The van der Waals surface area contributed by atoms with E-state index < -0.39 is 0 Å². The molecule has 0 radical (unpaired) electrons. The third-order valence-electron chi connectivity index (χ3n) is 4.72. The Morgan fingerprint density at radius 3 is 2.37 bits per heavy atom. The van der Waals surface area contributed by atoms with E-state index in [4.69, 9.17) is 4.74 Å². The first-order valence-electron chi connectivity index (χ1n) is 8.76. The molecule has 0 bridgehead atoms. The maximum Gasteiger partial charge on any atom is 0.228 e. The third kappa shape index (κ3) is 3.46. The summed E-state index contributed by atoms with van der Waals surface area (Å²) < 4.78 is 5.24. The van der Waals surface area contributed by atoms with Crippen LogP contribution in [0, 0.1) is 11.8 Å². The van der Waals surface area contributed by atoms with Crippen molar-refractivity contribution >= 4 is 34.1 Å². The molecule has 2 atom stereocenters. The van der Waals surface area contributed by atoms with Crippen molar-refractivity contribution in [1.29, 1.82) is 0 Å². The predicted octanol–water partition coefficient (Wildman–Crippen LogP) is 3.46. The minimum absolute atomic E-state index is 0.159. The number of nitrogens with zero attached hydrogens (tertiary/aromatic N) is 1. The van der Waals surface area contributed by atoms with Crippen LogP contribution in [0.25, 0.3) is 10.9 Å². The average Bonchev–Trinajstić information content (AvgIpc) is 3.50. The van der Waals surface area contributed by atoms with Crippen molar-refractivity contribution in [1.82, 2.24) is 4.98 Å². The molecule has 6 heteroatoms. The van der Waals surface area contributed by atoms with Gasteiger partial charge >= 0.3 is 0 Å². The van der Waals surface area contributed by atoms with Crippen LogP contribution in [0.5, 0.6) is 5.75 Å². The van der Waals surface area contributed by atoms with E-state index in [-0.39, 0.29) is 23.7 Å². The summed E-state index contributed by atoms with van der Waals surface area (Å²) in [6.45, 7) is 0. The Morgan fingerprint density at radius 2 is 1.59 bits per heavy atom. The quantitative estimate of drug-likeness (QED) is 0.729. The van der Waals surface area contributed by atoms with Crippen LogP contribution in [0.2, 0.25) is 0 Å². The van der Waals surface area contributed by atoms with Gasteiger partial charge in [0.25, 0.3) is 0 Å². The average molecular weight is 361 g/mol. The zero-order valence-corrected chi connectivity index (χ0v) is 14.8. The maximum absolute atomic E-state index is 12.6. The van der Waals surface area contributed by atoms with Gasteiger partial charge < -0.3 is 15.4 Å². The molecule has 0 spiro atoms. The van der Waals surface area contributed by atoms with Crippen LogP contribution >= 0.6 is 0 Å². The maximum atomic E-state index is 12.6. The van der Waals surface area contributed by atoms with E-state index in [0.29, 0.717) is 23.5 Å². The van der Waals surface area contributed by atoms with Gasteiger partial charge in [-0.05, 0) is 30.7 Å². The van der Waals surface area contributed by atoms with Gasteiger partial charge in [0.2, 0.25) is 11.8 Å². The molecule has 0 aliphatic heterocycles. The number of rotatable bonds is 5. The molecule has 27 heavy (non-hydrogen) atoms. The van der Waals surface area contributed by atoms with E-state index >= 15 is 0 Å². The molecular formula is C21H19N3O3. The minimum Gasteiger partial charge on any atom is -0.495 e. The molecule has 2 aromatic carbocycles. The van der Waals surface area contributed by atoms with Crippen molar-refractivity contribution in [2.75, 3.05) is 17.7 Å². The summed E-state index contributed by atoms with van der Waals surface area (Å²) >= 11 is 0. The van der Waals surface area contributed by atoms with Gasteiger partial charge in [-0.3, -0.25) is 14.6 Å². The summed E-state index contributed by atoms with van der Waals surface area (Å²) in [6, 6.07) is 16.6. The predicted molar refractivity (Wildman–Crippen MR) is 104 cm³/mol. The van der Waals surface area contributed by atoms with Crippen LogP contribution < -0.4 is 15.4 Å². The number of benzene rings is 2. The molecule has 1 saturated carbocycles. The van der Waals surface area contributed by atoms with Gasteiger partial charge in [-0.25, -0.2) is 0 Å². The van der Waals surface area contributed by atoms with Crippen LogP contribution in [0.3, 0.4) is 0 Å². The van der Waals surface area contributed by atoms with Crippen LogP contribution in [0.4, 0.5) is 11.4 Å². The summed E-state index contributed by atoms with van der Waals surface area (Å²) in [6.07, 6.45) is 2.23. The van der Waals surface area contributed by atoms with E-state index in [1.54, 1.807) is 25.4 Å². The molecule has 1 aliphatic carbocycles. The number of amides is 2. The first-order chi connectivity index (χ1) is 13.2. The third-order valence-corrected chi connectivity index (χ3v) is 4.72. The smallest absolute Gasteiger partial charge is 0.228 e. The lowest BCUT2D eigenvalue weighted by Gasteiger charge is -2.10. The first-order valence-corrected chi connectivity index (χ1v) is 8.76. The molecule has 2 unspecified atom stereocenters. The van der Waals surface area contributed by atoms with Gasteiger partial charge in [0.15, 0.2) is 0 Å². The van der Waals surface area contributed by atoms with Crippen molar-refractivity contribution in [3.8, 4) is 5.75 Å². The van der Waals surface area contributed by atoms with E-state index in [0.717, 1.165) is 10.9 Å². The van der Waals surface area contributed by atoms with E-state index in [2.05, 4.69) is 15.6 Å². The normalized spacial score (nSPS) is 18.0. The standard InChI is InChI=1S/C21H19N3O3/c1-27-18-10-3-2-8-16(18)23-20(25)14-12-15(14)21(26)24-17-9-4-6-13-7-5-11-22-19(13)17/h2-11,14-15H,12H2,1H3,(H,23,25)(H,24,26). The van der Waals surface area contributed by atoms with Crippen LogP contribution in [-0.4, -0.2) is 23.9 Å².